The van der Waals surface area contributed by atoms with Crippen molar-refractivity contribution in [3.8, 4) is 0 Å². The van der Waals surface area contributed by atoms with E-state index in [1.54, 1.807) is 0 Å². The largest absolute Gasteiger partial charge is 0.373 e. The minimum Gasteiger partial charge on any atom is -0.373 e. The maximum Gasteiger partial charge on any atom is 0.251 e. The lowest BCUT2D eigenvalue weighted by Crippen LogP contribution is -2.45. The van der Waals surface area contributed by atoms with Crippen molar-refractivity contribution in [2.24, 2.45) is 0 Å². The molecule has 1 heterocycles. The van der Waals surface area contributed by atoms with E-state index in [-0.39, 0.29) is 17.8 Å². The Bertz CT molecular complexity index is 782. The van der Waals surface area contributed by atoms with Crippen LogP contribution in [0.4, 0.5) is 8.78 Å². The molecule has 1 fully saturated rings. The van der Waals surface area contributed by atoms with Crippen molar-refractivity contribution >= 4 is 5.91 Å². The van der Waals surface area contributed by atoms with Crippen LogP contribution in [0.2, 0.25) is 0 Å². The molecule has 2 aromatic rings. The molecule has 0 radical (unpaired) electrons. The first-order chi connectivity index (χ1) is 12.9. The lowest BCUT2D eigenvalue weighted by molar-refractivity contribution is -0.0705. The smallest absolute Gasteiger partial charge is 0.251 e. The molecule has 4 nitrogen and oxygen atoms in total. The van der Waals surface area contributed by atoms with Gasteiger partial charge in [0.25, 0.3) is 5.91 Å². The fourth-order valence-electron chi connectivity index (χ4n) is 3.50. The van der Waals surface area contributed by atoms with E-state index in [1.807, 2.05) is 24.3 Å². The van der Waals surface area contributed by atoms with E-state index in [0.717, 1.165) is 49.0 Å². The number of carbonyl (C=O) groups excluding carboxylic acids is 1. The molecule has 0 bridgehead atoms. The second-order valence-electron chi connectivity index (χ2n) is 7.06. The second-order valence-corrected chi connectivity index (χ2v) is 7.06. The molecule has 1 aliphatic heterocycles. The molecule has 3 rings (SSSR count). The van der Waals surface area contributed by atoms with Gasteiger partial charge < -0.3 is 10.1 Å². The van der Waals surface area contributed by atoms with Gasteiger partial charge in [0.05, 0.1) is 12.2 Å². The van der Waals surface area contributed by atoms with Gasteiger partial charge in [-0.1, -0.05) is 24.3 Å². The topological polar surface area (TPSA) is 41.6 Å². The minimum absolute atomic E-state index is 0.0270. The molecule has 27 heavy (non-hydrogen) atoms. The molecule has 0 aromatic heterocycles. The van der Waals surface area contributed by atoms with Gasteiger partial charge in [-0.3, -0.25) is 9.69 Å². The average Bonchev–Trinajstić information content (AvgIpc) is 2.59. The van der Waals surface area contributed by atoms with Gasteiger partial charge in [0.15, 0.2) is 0 Å². The predicted octanol–water partition coefficient (Wildman–Crippen LogP) is 3.50. The Morgan fingerprint density at radius 1 is 1.07 bits per heavy atom. The van der Waals surface area contributed by atoms with Crippen LogP contribution in [0, 0.1) is 11.6 Å². The third-order valence-corrected chi connectivity index (χ3v) is 4.57. The highest BCUT2D eigenvalue weighted by Gasteiger charge is 2.22. The normalized spacial score (nSPS) is 20.4. The van der Waals surface area contributed by atoms with Crippen LogP contribution in [0.15, 0.2) is 42.5 Å². The standard InChI is InChI=1S/C21H24F2N2O2/c1-14-11-25(12-15(2)27-14)13-17-6-4-3-5-16(17)10-24-21(26)18-7-19(22)9-20(23)8-18/h3-9,14-15H,10-13H2,1-2H3,(H,24,26). The number of nitrogens with zero attached hydrogens (tertiary/aromatic N) is 1. The number of halogens is 2. The number of morpholine rings is 1. The molecule has 144 valence electrons. The lowest BCUT2D eigenvalue weighted by Gasteiger charge is -2.35. The van der Waals surface area contributed by atoms with Crippen LogP contribution in [0.5, 0.6) is 0 Å². The molecular weight excluding hydrogens is 350 g/mol. The number of nitrogens with one attached hydrogen (secondary N) is 1. The van der Waals surface area contributed by atoms with E-state index < -0.39 is 17.5 Å². The van der Waals surface area contributed by atoms with Crippen molar-refractivity contribution < 1.29 is 18.3 Å². The summed E-state index contributed by atoms with van der Waals surface area (Å²) in [7, 11) is 0. The number of hydrogen-bond donors (Lipinski definition) is 1. The Balaban J connectivity index is 1.66. The number of carbonyl (C=O) groups is 1. The Kier molecular flexibility index (Phi) is 6.19. The molecule has 1 N–H and O–H groups in total. The summed E-state index contributed by atoms with van der Waals surface area (Å²) in [6.07, 6.45) is 0.368. The van der Waals surface area contributed by atoms with E-state index in [9.17, 15) is 13.6 Å². The van der Waals surface area contributed by atoms with Crippen LogP contribution in [0.1, 0.15) is 35.3 Å². The molecule has 6 heteroatoms. The molecule has 1 aliphatic rings. The zero-order valence-corrected chi connectivity index (χ0v) is 15.5. The number of hydrogen-bond acceptors (Lipinski definition) is 3. The van der Waals surface area contributed by atoms with Crippen molar-refractivity contribution in [1.29, 1.82) is 0 Å². The van der Waals surface area contributed by atoms with Crippen molar-refractivity contribution in [2.45, 2.75) is 39.1 Å². The van der Waals surface area contributed by atoms with Gasteiger partial charge in [-0.15, -0.1) is 0 Å². The molecule has 2 unspecified atom stereocenters. The van der Waals surface area contributed by atoms with E-state index in [1.165, 1.54) is 0 Å². The molecule has 2 aromatic carbocycles. The molecule has 1 saturated heterocycles. The Hall–Kier alpha value is -2.31. The van der Waals surface area contributed by atoms with Gasteiger partial charge in [-0.25, -0.2) is 8.78 Å². The Labute approximate surface area is 158 Å². The Morgan fingerprint density at radius 2 is 1.67 bits per heavy atom. The molecule has 1 amide bonds. The van der Waals surface area contributed by atoms with Crippen LogP contribution in [-0.4, -0.2) is 36.1 Å². The number of rotatable bonds is 5. The molecule has 2 atom stereocenters. The number of benzene rings is 2. The molecular formula is C21H24F2N2O2. The molecule has 0 aliphatic carbocycles. The van der Waals surface area contributed by atoms with Crippen molar-refractivity contribution in [3.05, 3.63) is 70.8 Å². The molecule has 0 spiro atoms. The molecule has 0 saturated carbocycles. The predicted molar refractivity (Wildman–Crippen MR) is 99.3 cm³/mol. The van der Waals surface area contributed by atoms with Crippen molar-refractivity contribution in [1.82, 2.24) is 10.2 Å². The highest BCUT2D eigenvalue weighted by molar-refractivity contribution is 5.94. The van der Waals surface area contributed by atoms with E-state index in [0.29, 0.717) is 6.54 Å². The summed E-state index contributed by atoms with van der Waals surface area (Å²) in [6.45, 7) is 6.89. The van der Waals surface area contributed by atoms with Gasteiger partial charge in [-0.2, -0.15) is 0 Å². The summed E-state index contributed by atoms with van der Waals surface area (Å²) < 4.78 is 32.4. The summed E-state index contributed by atoms with van der Waals surface area (Å²) in [5.41, 5.74) is 2.07. The third kappa shape index (κ3) is 5.34. The number of ether oxygens (including phenoxy) is 1. The highest BCUT2D eigenvalue weighted by atomic mass is 19.1. The number of amides is 1. The summed E-state index contributed by atoms with van der Waals surface area (Å²) in [6, 6.07) is 10.7. The first kappa shape index (κ1) is 19.5. The third-order valence-electron chi connectivity index (χ3n) is 4.57. The quantitative estimate of drug-likeness (QED) is 0.871. The fraction of sp³-hybridized carbons (Fsp3) is 0.381. The monoisotopic (exact) mass is 374 g/mol. The van der Waals surface area contributed by atoms with Crippen molar-refractivity contribution in [3.63, 3.8) is 0 Å². The SMILES string of the molecule is CC1CN(Cc2ccccc2CNC(=O)c2cc(F)cc(F)c2)CC(C)O1. The average molecular weight is 374 g/mol. The van der Waals surface area contributed by atoms with E-state index in [4.69, 9.17) is 4.74 Å². The zero-order valence-electron chi connectivity index (χ0n) is 15.5. The van der Waals surface area contributed by atoms with Gasteiger partial charge >= 0.3 is 0 Å². The van der Waals surface area contributed by atoms with E-state index in [2.05, 4.69) is 24.1 Å². The van der Waals surface area contributed by atoms with Crippen LogP contribution < -0.4 is 5.32 Å². The Morgan fingerprint density at radius 3 is 2.30 bits per heavy atom. The lowest BCUT2D eigenvalue weighted by atomic mass is 10.1. The first-order valence-corrected chi connectivity index (χ1v) is 9.09. The minimum atomic E-state index is -0.767. The van der Waals surface area contributed by atoms with Crippen LogP contribution in [0.25, 0.3) is 0 Å². The van der Waals surface area contributed by atoms with Gasteiger partial charge in [0.2, 0.25) is 0 Å². The van der Waals surface area contributed by atoms with Crippen LogP contribution in [-0.2, 0) is 17.8 Å². The van der Waals surface area contributed by atoms with Crippen molar-refractivity contribution in [2.75, 3.05) is 13.1 Å². The summed E-state index contributed by atoms with van der Waals surface area (Å²) in [5.74, 6) is -2.04. The summed E-state index contributed by atoms with van der Waals surface area (Å²) >= 11 is 0. The summed E-state index contributed by atoms with van der Waals surface area (Å²) in [4.78, 5) is 14.6. The zero-order chi connectivity index (χ0) is 19.4. The van der Waals surface area contributed by atoms with Gasteiger partial charge in [0, 0.05) is 37.8 Å². The van der Waals surface area contributed by atoms with E-state index >= 15 is 0 Å². The maximum atomic E-state index is 13.3. The first-order valence-electron chi connectivity index (χ1n) is 9.09. The maximum absolute atomic E-state index is 13.3. The van der Waals surface area contributed by atoms with Crippen LogP contribution in [0.3, 0.4) is 0 Å². The van der Waals surface area contributed by atoms with Gasteiger partial charge in [0.1, 0.15) is 11.6 Å². The summed E-state index contributed by atoms with van der Waals surface area (Å²) in [5, 5.41) is 2.75. The second kappa shape index (κ2) is 8.59. The van der Waals surface area contributed by atoms with Crippen LogP contribution >= 0.6 is 0 Å². The fourth-order valence-corrected chi connectivity index (χ4v) is 3.50. The highest BCUT2D eigenvalue weighted by Crippen LogP contribution is 2.17. The van der Waals surface area contributed by atoms with Gasteiger partial charge in [-0.05, 0) is 37.1 Å².